The van der Waals surface area contributed by atoms with Gasteiger partial charge in [0.15, 0.2) is 0 Å². The van der Waals surface area contributed by atoms with E-state index >= 15 is 0 Å². The summed E-state index contributed by atoms with van der Waals surface area (Å²) in [6, 6.07) is 4.75. The summed E-state index contributed by atoms with van der Waals surface area (Å²) in [7, 11) is 0. The Bertz CT molecular complexity index is 835. The van der Waals surface area contributed by atoms with Gasteiger partial charge in [-0.15, -0.1) is 0 Å². The Morgan fingerprint density at radius 1 is 0.674 bits per heavy atom. The van der Waals surface area contributed by atoms with Gasteiger partial charge in [-0.05, 0) is 80.1 Å². The Kier molecular flexibility index (Phi) is 30.6. The highest BCUT2D eigenvalue weighted by Crippen LogP contribution is 2.16. The minimum atomic E-state index is -0.685. The SMILES string of the molecule is CCC(C)CN(CC(C)CO)CC(O)CO.CCC(C)CNCC(C)CO.CCC(C)c1ccncc1.CCC(C)n1ccnc1. The fraction of sp³-hybridized carbons (Fsp3) is 0.784. The number of nitrogens with one attached hydrogen (secondary N) is 1. The summed E-state index contributed by atoms with van der Waals surface area (Å²) in [4.78, 5) is 10.0. The van der Waals surface area contributed by atoms with Crippen molar-refractivity contribution < 1.29 is 20.4 Å². The van der Waals surface area contributed by atoms with Crippen LogP contribution >= 0.6 is 0 Å². The molecule has 0 aliphatic carbocycles. The average Bonchev–Trinajstić information content (AvgIpc) is 3.63. The number of aliphatic hydroxyl groups excluding tert-OH is 4. The first-order valence-electron chi connectivity index (χ1n) is 17.7. The minimum Gasteiger partial charge on any atom is -0.396 e. The lowest BCUT2D eigenvalue weighted by molar-refractivity contribution is 0.0461. The highest BCUT2D eigenvalue weighted by molar-refractivity contribution is 5.14. The van der Waals surface area contributed by atoms with Crippen molar-refractivity contribution in [1.29, 1.82) is 0 Å². The largest absolute Gasteiger partial charge is 0.396 e. The van der Waals surface area contributed by atoms with Gasteiger partial charge in [0.05, 0.1) is 19.0 Å². The molecule has 2 aromatic heterocycles. The number of pyridine rings is 1. The topological polar surface area (TPSA) is 127 Å². The molecule has 0 amide bonds. The molecule has 0 saturated carbocycles. The van der Waals surface area contributed by atoms with Crippen LogP contribution in [0.5, 0.6) is 0 Å². The maximum absolute atomic E-state index is 9.45. The zero-order chi connectivity index (χ0) is 35.3. The summed E-state index contributed by atoms with van der Waals surface area (Å²) < 4.78 is 2.11. The minimum absolute atomic E-state index is 0.159. The molecule has 0 aromatic carbocycles. The molecule has 46 heavy (non-hydrogen) atoms. The van der Waals surface area contributed by atoms with E-state index in [4.69, 9.17) is 15.3 Å². The van der Waals surface area contributed by atoms with Gasteiger partial charge in [-0.3, -0.25) is 4.98 Å². The number of aromatic nitrogens is 3. The summed E-state index contributed by atoms with van der Waals surface area (Å²) in [5.41, 5.74) is 1.39. The maximum atomic E-state index is 9.45. The normalized spacial score (nSPS) is 15.5. The van der Waals surface area contributed by atoms with Crippen molar-refractivity contribution in [1.82, 2.24) is 24.8 Å². The molecule has 2 rings (SSSR count). The first-order chi connectivity index (χ1) is 21.9. The van der Waals surface area contributed by atoms with Crippen LogP contribution in [0.4, 0.5) is 0 Å². The highest BCUT2D eigenvalue weighted by atomic mass is 16.3. The number of hydrogen-bond donors (Lipinski definition) is 5. The van der Waals surface area contributed by atoms with Crippen LogP contribution in [0, 0.1) is 23.7 Å². The van der Waals surface area contributed by atoms with E-state index in [1.165, 1.54) is 18.4 Å². The predicted octanol–water partition coefficient (Wildman–Crippen LogP) is 6.02. The van der Waals surface area contributed by atoms with Gasteiger partial charge in [-0.25, -0.2) is 4.98 Å². The molecule has 0 radical (unpaired) electrons. The smallest absolute Gasteiger partial charge is 0.0948 e. The number of aliphatic hydroxyl groups is 4. The zero-order valence-corrected chi connectivity index (χ0v) is 31.1. The van der Waals surface area contributed by atoms with Crippen molar-refractivity contribution in [3.05, 3.63) is 48.8 Å². The van der Waals surface area contributed by atoms with Crippen LogP contribution in [-0.2, 0) is 0 Å². The van der Waals surface area contributed by atoms with E-state index in [1.807, 2.05) is 45.0 Å². The number of hydrogen-bond acceptors (Lipinski definition) is 8. The molecule has 0 aliphatic rings. The van der Waals surface area contributed by atoms with Crippen LogP contribution in [0.2, 0.25) is 0 Å². The van der Waals surface area contributed by atoms with E-state index in [0.29, 0.717) is 30.3 Å². The second kappa shape index (κ2) is 30.5. The maximum Gasteiger partial charge on any atom is 0.0948 e. The molecule has 2 heterocycles. The lowest BCUT2D eigenvalue weighted by atomic mass is 10.0. The van der Waals surface area contributed by atoms with E-state index in [-0.39, 0.29) is 25.7 Å². The number of rotatable bonds is 19. The van der Waals surface area contributed by atoms with Crippen molar-refractivity contribution >= 4 is 0 Å². The fourth-order valence-corrected chi connectivity index (χ4v) is 4.10. The van der Waals surface area contributed by atoms with Gasteiger partial charge in [-0.1, -0.05) is 75.2 Å². The second-order valence-electron chi connectivity index (χ2n) is 13.2. The molecule has 9 nitrogen and oxygen atoms in total. The molecule has 270 valence electrons. The molecule has 0 spiro atoms. The molecule has 9 heteroatoms. The van der Waals surface area contributed by atoms with E-state index in [9.17, 15) is 5.11 Å². The quantitative estimate of drug-likeness (QED) is 0.125. The molecule has 7 unspecified atom stereocenters. The van der Waals surface area contributed by atoms with E-state index in [0.717, 1.165) is 44.9 Å². The Morgan fingerprint density at radius 2 is 1.24 bits per heavy atom. The van der Waals surface area contributed by atoms with Crippen LogP contribution < -0.4 is 5.32 Å². The van der Waals surface area contributed by atoms with Crippen molar-refractivity contribution in [3.63, 3.8) is 0 Å². The third-order valence-electron chi connectivity index (χ3n) is 8.33. The van der Waals surface area contributed by atoms with Gasteiger partial charge in [0.25, 0.3) is 0 Å². The predicted molar refractivity (Wildman–Crippen MR) is 194 cm³/mol. The standard InChI is InChI=1S/C12H27NO3.C9H21NO.C9H13N.C7H12N2/c1-4-10(2)5-13(6-11(3)8-14)7-12(16)9-15;1-4-8(2)5-10-6-9(3)7-11;1-3-8(2)9-4-6-10-7-5-9;1-3-7(2)9-5-4-8-6-9/h10-12,14-16H,4-9H2,1-3H3;8-11H,4-7H2,1-3H3;4-8H,3H2,1-2H3;4-7H,3H2,1-2H3. The summed E-state index contributed by atoms with van der Waals surface area (Å²) in [5, 5.41) is 39.4. The molecule has 5 N–H and O–H groups in total. The summed E-state index contributed by atoms with van der Waals surface area (Å²) in [5.74, 6) is 2.58. The fourth-order valence-electron chi connectivity index (χ4n) is 4.10. The third-order valence-corrected chi connectivity index (χ3v) is 8.33. The summed E-state index contributed by atoms with van der Waals surface area (Å²) in [6.45, 7) is 25.9. The summed E-state index contributed by atoms with van der Waals surface area (Å²) in [6.07, 6.45) is 13.4. The van der Waals surface area contributed by atoms with Crippen molar-refractivity contribution in [3.8, 4) is 0 Å². The molecule has 2 aromatic rings. The first-order valence-corrected chi connectivity index (χ1v) is 17.7. The van der Waals surface area contributed by atoms with Gasteiger partial charge < -0.3 is 35.2 Å². The van der Waals surface area contributed by atoms with Gasteiger partial charge in [0.2, 0.25) is 0 Å². The Labute approximate surface area is 282 Å². The van der Waals surface area contributed by atoms with Crippen LogP contribution in [0.3, 0.4) is 0 Å². The molecular formula is C37H73N5O4. The van der Waals surface area contributed by atoms with Crippen LogP contribution in [0.25, 0.3) is 0 Å². The number of imidazole rings is 1. The lowest BCUT2D eigenvalue weighted by Crippen LogP contribution is -2.40. The molecule has 0 fully saturated rings. The molecular weight excluding hydrogens is 578 g/mol. The molecule has 0 saturated heterocycles. The highest BCUT2D eigenvalue weighted by Gasteiger charge is 2.16. The summed E-state index contributed by atoms with van der Waals surface area (Å²) >= 11 is 0. The zero-order valence-electron chi connectivity index (χ0n) is 31.1. The van der Waals surface area contributed by atoms with Gasteiger partial charge in [0.1, 0.15) is 0 Å². The van der Waals surface area contributed by atoms with Crippen LogP contribution in [-0.4, -0.2) is 98.5 Å². The van der Waals surface area contributed by atoms with Crippen LogP contribution in [0.1, 0.15) is 112 Å². The van der Waals surface area contributed by atoms with E-state index in [2.05, 4.69) is 92.3 Å². The Balaban J connectivity index is 0. The molecule has 0 aliphatic heterocycles. The van der Waals surface area contributed by atoms with Crippen LogP contribution in [0.15, 0.2) is 43.2 Å². The van der Waals surface area contributed by atoms with Gasteiger partial charge in [0, 0.05) is 63.7 Å². The van der Waals surface area contributed by atoms with Gasteiger partial charge >= 0.3 is 0 Å². The first kappa shape index (κ1) is 46.2. The number of nitrogens with zero attached hydrogens (tertiary/aromatic N) is 4. The third kappa shape index (κ3) is 25.2. The Morgan fingerprint density at radius 3 is 1.70 bits per heavy atom. The molecule has 0 bridgehead atoms. The van der Waals surface area contributed by atoms with Crippen molar-refractivity contribution in [2.24, 2.45) is 23.7 Å². The monoisotopic (exact) mass is 652 g/mol. The van der Waals surface area contributed by atoms with Gasteiger partial charge in [-0.2, -0.15) is 0 Å². The van der Waals surface area contributed by atoms with E-state index in [1.54, 1.807) is 0 Å². The van der Waals surface area contributed by atoms with E-state index < -0.39 is 6.10 Å². The van der Waals surface area contributed by atoms with Crippen molar-refractivity contribution in [2.45, 2.75) is 113 Å². The average molecular weight is 652 g/mol. The lowest BCUT2D eigenvalue weighted by Gasteiger charge is -2.28. The second-order valence-corrected chi connectivity index (χ2v) is 13.2. The molecule has 7 atom stereocenters. The van der Waals surface area contributed by atoms with Crippen molar-refractivity contribution in [2.75, 3.05) is 52.5 Å². The Hall–Kier alpha value is -1.88.